The van der Waals surface area contributed by atoms with E-state index in [1.54, 1.807) is 26.0 Å². The maximum atomic E-state index is 13.1. The number of amides is 2. The number of hydrogen-bond donors (Lipinski definition) is 3. The molecule has 3 aromatic carbocycles. The average Bonchev–Trinajstić information content (AvgIpc) is 2.86. The average molecular weight is 682 g/mol. The highest BCUT2D eigenvalue weighted by molar-refractivity contribution is 9.10. The molecule has 1 heterocycles. The lowest BCUT2D eigenvalue weighted by atomic mass is 9.91. The van der Waals surface area contributed by atoms with E-state index in [4.69, 9.17) is 28.9 Å². The molecule has 8 nitrogen and oxygen atoms in total. The minimum Gasteiger partial charge on any atom is -0.368 e. The monoisotopic (exact) mass is 680 g/mol. The van der Waals surface area contributed by atoms with Crippen molar-refractivity contribution in [2.75, 3.05) is 23.6 Å². The molecule has 218 valence electrons. The van der Waals surface area contributed by atoms with Crippen molar-refractivity contribution in [2.45, 2.75) is 25.9 Å². The summed E-state index contributed by atoms with van der Waals surface area (Å²) in [6.45, 7) is 4.69. The fourth-order valence-corrected chi connectivity index (χ4v) is 7.07. The summed E-state index contributed by atoms with van der Waals surface area (Å²) in [6, 6.07) is 18.9. The molecule has 0 saturated carbocycles. The lowest BCUT2D eigenvalue weighted by Crippen LogP contribution is -2.51. The first-order chi connectivity index (χ1) is 19.3. The zero-order valence-electron chi connectivity index (χ0n) is 22.5. The standard InChI is InChI=1S/C29H31BrCl2N4O4S/c1-17(2)26(28(33)37)34-29(38)21-11-22(30)13-25(12-21)35-41(39,40)16-18-14-36(15-18)27(19-3-7-23(31)8-4-19)20-5-9-24(32)10-6-20/h3-13,17-18,26-27,35H,14-16H2,1-2H3,(H2,33,37)(H,34,38). The van der Waals surface area contributed by atoms with E-state index in [0.29, 0.717) is 27.6 Å². The molecule has 1 atom stereocenters. The summed E-state index contributed by atoms with van der Waals surface area (Å²) < 4.78 is 29.3. The van der Waals surface area contributed by atoms with Crippen LogP contribution in [0.15, 0.2) is 71.2 Å². The fraction of sp³-hybridized carbons (Fsp3) is 0.310. The van der Waals surface area contributed by atoms with Crippen molar-refractivity contribution >= 4 is 66.7 Å². The van der Waals surface area contributed by atoms with Gasteiger partial charge in [-0.3, -0.25) is 19.2 Å². The number of nitrogens with one attached hydrogen (secondary N) is 2. The number of nitrogens with zero attached hydrogens (tertiary/aromatic N) is 1. The van der Waals surface area contributed by atoms with Crippen molar-refractivity contribution in [1.82, 2.24) is 10.2 Å². The highest BCUT2D eigenvalue weighted by Gasteiger charge is 2.36. The molecular weight excluding hydrogens is 651 g/mol. The van der Waals surface area contributed by atoms with E-state index in [0.717, 1.165) is 11.1 Å². The van der Waals surface area contributed by atoms with Crippen LogP contribution in [0.1, 0.15) is 41.4 Å². The SMILES string of the molecule is CC(C)C(NC(=O)c1cc(Br)cc(NS(=O)(=O)CC2CN(C(c3ccc(Cl)cc3)c3ccc(Cl)cc3)C2)c1)C(N)=O. The third kappa shape index (κ3) is 8.23. The van der Waals surface area contributed by atoms with Crippen molar-refractivity contribution in [3.05, 3.63) is 97.9 Å². The smallest absolute Gasteiger partial charge is 0.252 e. The van der Waals surface area contributed by atoms with Crippen LogP contribution in [0, 0.1) is 11.8 Å². The Morgan fingerprint density at radius 1 is 0.976 bits per heavy atom. The first-order valence-corrected chi connectivity index (χ1v) is 16.2. The van der Waals surface area contributed by atoms with Crippen LogP contribution in [0.3, 0.4) is 0 Å². The van der Waals surface area contributed by atoms with Crippen LogP contribution in [-0.2, 0) is 14.8 Å². The number of rotatable bonds is 11. The predicted molar refractivity (Wildman–Crippen MR) is 167 cm³/mol. The summed E-state index contributed by atoms with van der Waals surface area (Å²) in [5, 5.41) is 3.90. The number of nitrogens with two attached hydrogens (primary N) is 1. The summed E-state index contributed by atoms with van der Waals surface area (Å²) in [5.74, 6) is -1.56. The van der Waals surface area contributed by atoms with E-state index < -0.39 is 27.9 Å². The summed E-state index contributed by atoms with van der Waals surface area (Å²) in [6.07, 6.45) is 0. The Morgan fingerprint density at radius 2 is 1.51 bits per heavy atom. The molecule has 0 aromatic heterocycles. The van der Waals surface area contributed by atoms with E-state index in [2.05, 4.69) is 30.9 Å². The van der Waals surface area contributed by atoms with Gasteiger partial charge in [0.1, 0.15) is 6.04 Å². The van der Waals surface area contributed by atoms with Crippen molar-refractivity contribution in [3.8, 4) is 0 Å². The molecule has 4 rings (SSSR count). The largest absolute Gasteiger partial charge is 0.368 e. The van der Waals surface area contributed by atoms with Gasteiger partial charge in [0.25, 0.3) is 5.91 Å². The van der Waals surface area contributed by atoms with Crippen LogP contribution >= 0.6 is 39.1 Å². The molecule has 0 spiro atoms. The van der Waals surface area contributed by atoms with Crippen LogP contribution in [0.5, 0.6) is 0 Å². The maximum Gasteiger partial charge on any atom is 0.252 e. The number of hydrogen-bond acceptors (Lipinski definition) is 5. The van der Waals surface area contributed by atoms with Crippen molar-refractivity contribution in [1.29, 1.82) is 0 Å². The molecule has 0 aliphatic carbocycles. The van der Waals surface area contributed by atoms with Gasteiger partial charge in [0, 0.05) is 39.1 Å². The zero-order valence-corrected chi connectivity index (χ0v) is 26.4. The van der Waals surface area contributed by atoms with Gasteiger partial charge in [-0.2, -0.15) is 0 Å². The fourth-order valence-electron chi connectivity index (χ4n) is 4.93. The van der Waals surface area contributed by atoms with E-state index in [-0.39, 0.29) is 34.9 Å². The molecule has 1 fully saturated rings. The van der Waals surface area contributed by atoms with Crippen molar-refractivity contribution < 1.29 is 18.0 Å². The van der Waals surface area contributed by atoms with Gasteiger partial charge in [-0.25, -0.2) is 8.42 Å². The lowest BCUT2D eigenvalue weighted by molar-refractivity contribution is -0.120. The molecule has 2 amide bonds. The Labute approximate surface area is 258 Å². The minimum atomic E-state index is -3.73. The maximum absolute atomic E-state index is 13.1. The van der Waals surface area contributed by atoms with E-state index in [1.807, 2.05) is 48.5 Å². The summed E-state index contributed by atoms with van der Waals surface area (Å²) in [4.78, 5) is 26.7. The molecule has 1 unspecified atom stereocenters. The van der Waals surface area contributed by atoms with Crippen LogP contribution in [0.2, 0.25) is 10.0 Å². The summed E-state index contributed by atoms with van der Waals surface area (Å²) >= 11 is 15.6. The number of halogens is 3. The van der Waals surface area contributed by atoms with Crippen LogP contribution in [-0.4, -0.2) is 50.0 Å². The Kier molecular flexibility index (Phi) is 10.0. The van der Waals surface area contributed by atoms with Gasteiger partial charge < -0.3 is 11.1 Å². The van der Waals surface area contributed by atoms with Gasteiger partial charge in [0.05, 0.1) is 17.5 Å². The van der Waals surface area contributed by atoms with Gasteiger partial charge >= 0.3 is 0 Å². The summed E-state index contributed by atoms with van der Waals surface area (Å²) in [7, 11) is -3.73. The van der Waals surface area contributed by atoms with Gasteiger partial charge in [0.2, 0.25) is 15.9 Å². The van der Waals surface area contributed by atoms with Gasteiger partial charge in [-0.1, -0.05) is 77.2 Å². The molecule has 1 aliphatic rings. The molecule has 0 bridgehead atoms. The van der Waals surface area contributed by atoms with Gasteiger partial charge in [0.15, 0.2) is 0 Å². The molecule has 41 heavy (non-hydrogen) atoms. The highest BCUT2D eigenvalue weighted by Crippen LogP contribution is 2.36. The number of primary amides is 1. The Balaban J connectivity index is 1.43. The first-order valence-electron chi connectivity index (χ1n) is 13.0. The Bertz CT molecular complexity index is 1470. The number of anilines is 1. The van der Waals surface area contributed by atoms with E-state index in [1.165, 1.54) is 6.07 Å². The van der Waals surface area contributed by atoms with E-state index in [9.17, 15) is 18.0 Å². The molecule has 12 heteroatoms. The molecule has 3 aromatic rings. The molecular formula is C29H31BrCl2N4O4S. The second kappa shape index (κ2) is 13.1. The zero-order chi connectivity index (χ0) is 29.9. The third-order valence-electron chi connectivity index (χ3n) is 6.87. The summed E-state index contributed by atoms with van der Waals surface area (Å²) in [5.41, 5.74) is 7.93. The second-order valence-corrected chi connectivity index (χ2v) is 14.1. The molecule has 4 N–H and O–H groups in total. The number of sulfonamides is 1. The Hall–Kier alpha value is -2.63. The number of benzene rings is 3. The highest BCUT2D eigenvalue weighted by atomic mass is 79.9. The number of carbonyl (C=O) groups excluding carboxylic acids is 2. The van der Waals surface area contributed by atoms with Crippen molar-refractivity contribution in [2.24, 2.45) is 17.6 Å². The number of carbonyl (C=O) groups is 2. The van der Waals surface area contributed by atoms with Gasteiger partial charge in [-0.05, 0) is 59.5 Å². The first kappa shape index (κ1) is 31.3. The predicted octanol–water partition coefficient (Wildman–Crippen LogP) is 5.46. The number of likely N-dealkylation sites (tertiary alicyclic amines) is 1. The van der Waals surface area contributed by atoms with Crippen LogP contribution in [0.25, 0.3) is 0 Å². The Morgan fingerprint density at radius 3 is 2.00 bits per heavy atom. The van der Waals surface area contributed by atoms with Crippen LogP contribution < -0.4 is 15.8 Å². The molecule has 0 radical (unpaired) electrons. The lowest BCUT2D eigenvalue weighted by Gasteiger charge is -2.44. The second-order valence-electron chi connectivity index (χ2n) is 10.5. The molecule has 1 saturated heterocycles. The van der Waals surface area contributed by atoms with Crippen molar-refractivity contribution in [3.63, 3.8) is 0 Å². The third-order valence-corrected chi connectivity index (χ3v) is 9.29. The van der Waals surface area contributed by atoms with Crippen LogP contribution in [0.4, 0.5) is 5.69 Å². The molecule has 1 aliphatic heterocycles. The minimum absolute atomic E-state index is 0.0716. The van der Waals surface area contributed by atoms with Gasteiger partial charge in [-0.15, -0.1) is 0 Å². The normalized spacial score (nSPS) is 15.0. The quantitative estimate of drug-likeness (QED) is 0.248. The topological polar surface area (TPSA) is 122 Å². The van der Waals surface area contributed by atoms with E-state index >= 15 is 0 Å².